The quantitative estimate of drug-likeness (QED) is 0.180. The molecule has 4 aromatic rings. The fourth-order valence-electron chi connectivity index (χ4n) is 5.82. The number of rotatable bonds is 10. The molecule has 13 heteroatoms. The normalized spacial score (nSPS) is 14.9. The Labute approximate surface area is 280 Å². The highest BCUT2D eigenvalue weighted by Crippen LogP contribution is 2.30. The lowest BCUT2D eigenvalue weighted by molar-refractivity contribution is 0.0971. The molecule has 1 aromatic heterocycles. The summed E-state index contributed by atoms with van der Waals surface area (Å²) in [6.45, 7) is 9.20. The summed E-state index contributed by atoms with van der Waals surface area (Å²) in [5.74, 6) is 0.334. The van der Waals surface area contributed by atoms with E-state index in [1.165, 1.54) is 28.6 Å². The van der Waals surface area contributed by atoms with Gasteiger partial charge in [-0.2, -0.15) is 4.31 Å². The van der Waals surface area contributed by atoms with Crippen LogP contribution in [-0.4, -0.2) is 51.3 Å². The van der Waals surface area contributed by atoms with E-state index in [4.69, 9.17) is 27.9 Å². The molecule has 1 amide bonds. The number of benzene rings is 3. The molecule has 5 rings (SSSR count). The Morgan fingerprint density at radius 3 is 2.15 bits per heavy atom. The van der Waals surface area contributed by atoms with Crippen molar-refractivity contribution in [2.75, 3.05) is 19.7 Å². The number of nitrogens with zero attached hydrogens (tertiary/aromatic N) is 2. The molecule has 1 N–H and O–H groups in total. The first kappa shape index (κ1) is 34.3. The number of carbonyl (C=O) groups is 1. The number of amides is 1. The highest BCUT2D eigenvalue weighted by atomic mass is 35.5. The molecule has 0 unspecified atom stereocenters. The second-order valence-electron chi connectivity index (χ2n) is 11.9. The van der Waals surface area contributed by atoms with E-state index < -0.39 is 26.0 Å². The molecule has 246 valence electrons. The van der Waals surface area contributed by atoms with Crippen molar-refractivity contribution in [2.45, 2.75) is 63.3 Å². The molecule has 1 aliphatic rings. The van der Waals surface area contributed by atoms with Crippen LogP contribution in [0.15, 0.2) is 64.4 Å². The third-order valence-electron chi connectivity index (χ3n) is 8.44. The van der Waals surface area contributed by atoms with Crippen LogP contribution in [-0.2, 0) is 26.6 Å². The molecule has 0 bridgehead atoms. The molecule has 1 fully saturated rings. The summed E-state index contributed by atoms with van der Waals surface area (Å²) >= 11 is 12.5. The summed E-state index contributed by atoms with van der Waals surface area (Å²) in [6, 6.07) is 13.9. The van der Waals surface area contributed by atoms with Gasteiger partial charge >= 0.3 is 0 Å². The minimum atomic E-state index is -4.34. The lowest BCUT2D eigenvalue weighted by atomic mass is 10.0. The summed E-state index contributed by atoms with van der Waals surface area (Å²) in [4.78, 5) is 13.4. The number of hydrogen-bond donors (Lipinski definition) is 1. The number of ether oxygens (including phenoxy) is 1. The van der Waals surface area contributed by atoms with E-state index in [0.717, 1.165) is 34.9 Å². The number of fused-ring (bicyclic) bond motifs is 1. The Morgan fingerprint density at radius 1 is 0.913 bits per heavy atom. The highest BCUT2D eigenvalue weighted by molar-refractivity contribution is 7.90. The number of nitrogens with one attached hydrogen (secondary N) is 1. The van der Waals surface area contributed by atoms with Gasteiger partial charge in [0.05, 0.1) is 16.4 Å². The van der Waals surface area contributed by atoms with E-state index in [0.29, 0.717) is 59.9 Å². The van der Waals surface area contributed by atoms with Crippen molar-refractivity contribution in [3.05, 3.63) is 87.0 Å². The van der Waals surface area contributed by atoms with Gasteiger partial charge in [-0.05, 0) is 117 Å². The molecule has 0 atom stereocenters. The van der Waals surface area contributed by atoms with E-state index in [1.54, 1.807) is 29.7 Å². The van der Waals surface area contributed by atoms with Crippen LogP contribution in [0.4, 0.5) is 0 Å². The summed E-state index contributed by atoms with van der Waals surface area (Å²) in [7, 11) is -8.09. The molecule has 0 radical (unpaired) electrons. The Morgan fingerprint density at radius 2 is 1.52 bits per heavy atom. The topological polar surface area (TPSA) is 115 Å². The average Bonchev–Trinajstić information content (AvgIpc) is 3.28. The van der Waals surface area contributed by atoms with Crippen molar-refractivity contribution >= 4 is 60.1 Å². The van der Waals surface area contributed by atoms with Gasteiger partial charge < -0.3 is 9.30 Å². The van der Waals surface area contributed by atoms with E-state index in [-0.39, 0.29) is 15.5 Å². The summed E-state index contributed by atoms with van der Waals surface area (Å²) in [5.41, 5.74) is 3.30. The third-order valence-corrected chi connectivity index (χ3v) is 12.5. The largest absolute Gasteiger partial charge is 0.494 e. The van der Waals surface area contributed by atoms with Crippen molar-refractivity contribution in [2.24, 2.45) is 5.92 Å². The molecule has 0 saturated carbocycles. The molecular formula is C33H37Cl2N3O6S2. The highest BCUT2D eigenvalue weighted by Gasteiger charge is 2.29. The number of aryl methyl sites for hydroxylation is 4. The zero-order valence-electron chi connectivity index (χ0n) is 26.1. The fourth-order valence-corrected chi connectivity index (χ4v) is 8.52. The van der Waals surface area contributed by atoms with Gasteiger partial charge in [0.2, 0.25) is 10.0 Å². The Balaban J connectivity index is 1.35. The zero-order valence-corrected chi connectivity index (χ0v) is 29.3. The monoisotopic (exact) mass is 705 g/mol. The van der Waals surface area contributed by atoms with Gasteiger partial charge in [-0.15, -0.1) is 0 Å². The van der Waals surface area contributed by atoms with Crippen LogP contribution < -0.4 is 9.46 Å². The predicted molar refractivity (Wildman–Crippen MR) is 181 cm³/mol. The third kappa shape index (κ3) is 7.08. The Hall–Kier alpha value is -3.09. The maximum Gasteiger partial charge on any atom is 0.281 e. The second-order valence-corrected chi connectivity index (χ2v) is 16.3. The van der Waals surface area contributed by atoms with Crippen molar-refractivity contribution in [3.63, 3.8) is 0 Å². The van der Waals surface area contributed by atoms with Gasteiger partial charge in [-0.1, -0.05) is 30.1 Å². The Bertz CT molecular complexity index is 1980. The number of aromatic nitrogens is 1. The van der Waals surface area contributed by atoms with Crippen LogP contribution >= 0.6 is 23.2 Å². The van der Waals surface area contributed by atoms with Gasteiger partial charge in [-0.3, -0.25) is 4.79 Å². The summed E-state index contributed by atoms with van der Waals surface area (Å²) < 4.78 is 64.3. The second kappa shape index (κ2) is 13.6. The number of piperidine rings is 1. The van der Waals surface area contributed by atoms with Gasteiger partial charge in [0.1, 0.15) is 11.4 Å². The molecule has 9 nitrogen and oxygen atoms in total. The summed E-state index contributed by atoms with van der Waals surface area (Å²) in [5, 5.41) is 1.90. The molecule has 0 aliphatic carbocycles. The molecule has 2 heterocycles. The van der Waals surface area contributed by atoms with Crippen molar-refractivity contribution in [3.8, 4) is 5.75 Å². The maximum atomic E-state index is 13.7. The Kier molecular flexibility index (Phi) is 10.1. The lowest BCUT2D eigenvalue weighted by Crippen LogP contribution is -2.37. The number of hydrogen-bond acceptors (Lipinski definition) is 6. The van der Waals surface area contributed by atoms with Crippen LogP contribution in [0, 0.1) is 26.7 Å². The minimum Gasteiger partial charge on any atom is -0.494 e. The van der Waals surface area contributed by atoms with E-state index in [1.807, 2.05) is 26.0 Å². The van der Waals surface area contributed by atoms with Crippen molar-refractivity contribution < 1.29 is 26.4 Å². The van der Waals surface area contributed by atoms with E-state index in [2.05, 4.69) is 11.6 Å². The van der Waals surface area contributed by atoms with Crippen LogP contribution in [0.25, 0.3) is 10.9 Å². The van der Waals surface area contributed by atoms with Gasteiger partial charge in [0, 0.05) is 40.6 Å². The van der Waals surface area contributed by atoms with E-state index in [9.17, 15) is 21.6 Å². The first-order valence-electron chi connectivity index (χ1n) is 15.0. The lowest BCUT2D eigenvalue weighted by Gasteiger charge is -2.29. The average molecular weight is 707 g/mol. The molecule has 1 aliphatic heterocycles. The van der Waals surface area contributed by atoms with Crippen molar-refractivity contribution in [1.29, 1.82) is 0 Å². The standard InChI is InChI=1S/C33H37Cl2N3O6S2/c1-21-12-15-37(16-13-21)46(42,43)28-9-7-27(8-10-28)45(40,41)36-33(39)32-24(4)29-20-25(34)6-11-30(29)38(32)14-5-17-44-26-18-22(2)31(35)23(3)19-26/h6-11,18-21H,5,12-17H2,1-4H3,(H,36,39). The zero-order chi connectivity index (χ0) is 33.4. The van der Waals surface area contributed by atoms with Crippen LogP contribution in [0.3, 0.4) is 0 Å². The predicted octanol–water partition coefficient (Wildman–Crippen LogP) is 6.88. The SMILES string of the molecule is Cc1cc(OCCCn2c(C(=O)NS(=O)(=O)c3ccc(S(=O)(=O)N4CCC(C)CC4)cc3)c(C)c3cc(Cl)ccc32)cc(C)c1Cl. The number of sulfonamides is 2. The van der Waals surface area contributed by atoms with Crippen molar-refractivity contribution in [1.82, 2.24) is 13.6 Å². The first-order chi connectivity index (χ1) is 21.7. The van der Waals surface area contributed by atoms with E-state index >= 15 is 0 Å². The van der Waals surface area contributed by atoms with Gasteiger partial charge in [-0.25, -0.2) is 21.6 Å². The number of carbonyl (C=O) groups excluding carboxylic acids is 1. The number of halogens is 2. The summed E-state index contributed by atoms with van der Waals surface area (Å²) in [6.07, 6.45) is 2.06. The molecular weight excluding hydrogens is 669 g/mol. The van der Waals surface area contributed by atoms with Gasteiger partial charge in [0.25, 0.3) is 15.9 Å². The van der Waals surface area contributed by atoms with Gasteiger partial charge in [0.15, 0.2) is 0 Å². The molecule has 0 spiro atoms. The van der Waals surface area contributed by atoms with Crippen LogP contribution in [0.2, 0.25) is 10.0 Å². The maximum absolute atomic E-state index is 13.7. The fraction of sp³-hybridized carbons (Fsp3) is 0.364. The molecule has 46 heavy (non-hydrogen) atoms. The molecule has 3 aromatic carbocycles. The first-order valence-corrected chi connectivity index (χ1v) is 18.7. The smallest absolute Gasteiger partial charge is 0.281 e. The van der Waals surface area contributed by atoms with Crippen LogP contribution in [0.5, 0.6) is 5.75 Å². The minimum absolute atomic E-state index is 0.00585. The molecule has 1 saturated heterocycles. The van der Waals surface area contributed by atoms with Crippen LogP contribution in [0.1, 0.15) is 53.4 Å².